The molecular formula is C11H16FN3O3S. The highest BCUT2D eigenvalue weighted by molar-refractivity contribution is 7.89. The summed E-state index contributed by atoms with van der Waals surface area (Å²) in [6.07, 6.45) is 0. The maximum atomic E-state index is 13.6. The molecule has 0 aromatic heterocycles. The largest absolute Gasteiger partial charge is 0.398 e. The molecule has 8 heteroatoms. The van der Waals surface area contributed by atoms with Gasteiger partial charge in [0.15, 0.2) is 0 Å². The fraction of sp³-hybridized carbons (Fsp3) is 0.364. The number of nitrogens with one attached hydrogen (secondary N) is 1. The van der Waals surface area contributed by atoms with Gasteiger partial charge in [-0.15, -0.1) is 0 Å². The number of hydrogen-bond donors (Lipinski definition) is 3. The molecule has 0 aliphatic carbocycles. The van der Waals surface area contributed by atoms with Crippen LogP contribution in [0.25, 0.3) is 0 Å². The molecule has 19 heavy (non-hydrogen) atoms. The number of anilines is 1. The van der Waals surface area contributed by atoms with E-state index in [0.717, 1.165) is 6.07 Å². The molecule has 1 rings (SSSR count). The van der Waals surface area contributed by atoms with Crippen LogP contribution in [-0.4, -0.2) is 20.4 Å². The van der Waals surface area contributed by atoms with Crippen LogP contribution in [0.1, 0.15) is 13.8 Å². The Morgan fingerprint density at radius 3 is 2.37 bits per heavy atom. The normalized spacial score (nSPS) is 13.5. The number of benzene rings is 1. The Kier molecular flexibility index (Phi) is 4.48. The second-order valence-corrected chi connectivity index (χ2v) is 6.05. The number of primary amides is 1. The van der Waals surface area contributed by atoms with E-state index in [1.54, 1.807) is 13.8 Å². The molecule has 6 nitrogen and oxygen atoms in total. The Balaban J connectivity index is 3.22. The molecule has 0 heterocycles. The molecule has 1 aromatic carbocycles. The van der Waals surface area contributed by atoms with Crippen molar-refractivity contribution in [1.29, 1.82) is 0 Å². The Hall–Kier alpha value is -1.67. The molecule has 1 atom stereocenters. The summed E-state index contributed by atoms with van der Waals surface area (Å²) in [6.45, 7) is 3.23. The van der Waals surface area contributed by atoms with E-state index in [9.17, 15) is 17.6 Å². The van der Waals surface area contributed by atoms with E-state index in [4.69, 9.17) is 11.5 Å². The Bertz CT molecular complexity index is 567. The highest BCUT2D eigenvalue weighted by Gasteiger charge is 2.29. The standard InChI is InChI=1S/C11H16FN3O3S/c1-6(2)9(11(14)16)15-19(17,18)10-7(12)4-3-5-8(10)13/h3-6,9,15H,13H2,1-2H3,(H2,14,16). The van der Waals surface area contributed by atoms with Crippen molar-refractivity contribution in [2.75, 3.05) is 5.73 Å². The van der Waals surface area contributed by atoms with E-state index in [2.05, 4.69) is 4.72 Å². The Morgan fingerprint density at radius 1 is 1.37 bits per heavy atom. The van der Waals surface area contributed by atoms with Crippen LogP contribution >= 0.6 is 0 Å². The Labute approximate surface area is 111 Å². The molecule has 106 valence electrons. The smallest absolute Gasteiger partial charge is 0.246 e. The van der Waals surface area contributed by atoms with Gasteiger partial charge in [-0.25, -0.2) is 12.8 Å². The molecule has 0 saturated heterocycles. The summed E-state index contributed by atoms with van der Waals surface area (Å²) in [5.74, 6) is -2.20. The van der Waals surface area contributed by atoms with Crippen LogP contribution in [0.15, 0.2) is 23.1 Å². The number of nitrogen functional groups attached to an aromatic ring is 1. The molecule has 0 saturated carbocycles. The number of nitrogens with two attached hydrogens (primary N) is 2. The minimum Gasteiger partial charge on any atom is -0.398 e. The van der Waals surface area contributed by atoms with Crippen molar-refractivity contribution in [3.05, 3.63) is 24.0 Å². The highest BCUT2D eigenvalue weighted by atomic mass is 32.2. The average molecular weight is 289 g/mol. The van der Waals surface area contributed by atoms with Gasteiger partial charge in [0.1, 0.15) is 16.8 Å². The van der Waals surface area contributed by atoms with E-state index in [0.29, 0.717) is 0 Å². The van der Waals surface area contributed by atoms with Crippen LogP contribution in [-0.2, 0) is 14.8 Å². The van der Waals surface area contributed by atoms with Gasteiger partial charge in [0.2, 0.25) is 15.9 Å². The molecule has 1 unspecified atom stereocenters. The number of halogens is 1. The monoisotopic (exact) mass is 289 g/mol. The topological polar surface area (TPSA) is 115 Å². The zero-order valence-corrected chi connectivity index (χ0v) is 11.4. The summed E-state index contributed by atoms with van der Waals surface area (Å²) in [6, 6.07) is 2.38. The molecule has 0 aliphatic rings. The second kappa shape index (κ2) is 5.54. The van der Waals surface area contributed by atoms with Crippen LogP contribution in [0.2, 0.25) is 0 Å². The van der Waals surface area contributed by atoms with Gasteiger partial charge in [-0.3, -0.25) is 4.79 Å². The summed E-state index contributed by atoms with van der Waals surface area (Å²) in [5, 5.41) is 0. The van der Waals surface area contributed by atoms with Gasteiger partial charge in [-0.05, 0) is 18.1 Å². The number of carbonyl (C=O) groups excluding carboxylic acids is 1. The summed E-state index contributed by atoms with van der Waals surface area (Å²) in [5.41, 5.74) is 10.3. The molecule has 0 aliphatic heterocycles. The van der Waals surface area contributed by atoms with Crippen LogP contribution < -0.4 is 16.2 Å². The van der Waals surface area contributed by atoms with Crippen molar-refractivity contribution >= 4 is 21.6 Å². The van der Waals surface area contributed by atoms with Gasteiger partial charge >= 0.3 is 0 Å². The molecule has 0 bridgehead atoms. The minimum absolute atomic E-state index is 0.237. The zero-order valence-electron chi connectivity index (χ0n) is 10.6. The third-order valence-electron chi connectivity index (χ3n) is 2.52. The average Bonchev–Trinajstić information content (AvgIpc) is 2.24. The summed E-state index contributed by atoms with van der Waals surface area (Å²) in [7, 11) is -4.26. The van der Waals surface area contributed by atoms with Crippen LogP contribution in [0.3, 0.4) is 0 Å². The van der Waals surface area contributed by atoms with Crippen molar-refractivity contribution < 1.29 is 17.6 Å². The molecule has 5 N–H and O–H groups in total. The molecule has 0 radical (unpaired) electrons. The maximum absolute atomic E-state index is 13.6. The predicted molar refractivity (Wildman–Crippen MR) is 69.0 cm³/mol. The highest BCUT2D eigenvalue weighted by Crippen LogP contribution is 2.22. The lowest BCUT2D eigenvalue weighted by Gasteiger charge is -2.19. The Morgan fingerprint density at radius 2 is 1.95 bits per heavy atom. The third-order valence-corrected chi connectivity index (χ3v) is 4.05. The van der Waals surface area contributed by atoms with Gasteiger partial charge in [-0.2, -0.15) is 4.72 Å². The van der Waals surface area contributed by atoms with Crippen molar-refractivity contribution in [3.63, 3.8) is 0 Å². The molecule has 1 amide bonds. The van der Waals surface area contributed by atoms with Gasteiger partial charge in [-0.1, -0.05) is 19.9 Å². The summed E-state index contributed by atoms with van der Waals surface area (Å²) in [4.78, 5) is 10.5. The van der Waals surface area contributed by atoms with Gasteiger partial charge in [0, 0.05) is 0 Å². The number of hydrogen-bond acceptors (Lipinski definition) is 4. The number of rotatable bonds is 5. The lowest BCUT2D eigenvalue weighted by Crippen LogP contribution is -2.47. The number of amides is 1. The van der Waals surface area contributed by atoms with E-state index < -0.39 is 32.7 Å². The molecular weight excluding hydrogens is 273 g/mol. The van der Waals surface area contributed by atoms with Crippen molar-refractivity contribution in [3.8, 4) is 0 Å². The van der Waals surface area contributed by atoms with E-state index in [1.165, 1.54) is 12.1 Å². The molecule has 0 spiro atoms. The lowest BCUT2D eigenvalue weighted by atomic mass is 10.1. The summed E-state index contributed by atoms with van der Waals surface area (Å²) < 4.78 is 39.8. The second-order valence-electron chi connectivity index (χ2n) is 4.40. The minimum atomic E-state index is -4.26. The van der Waals surface area contributed by atoms with Crippen LogP contribution in [0.4, 0.5) is 10.1 Å². The first kappa shape index (κ1) is 15.4. The van der Waals surface area contributed by atoms with Gasteiger partial charge in [0.25, 0.3) is 0 Å². The fourth-order valence-corrected chi connectivity index (χ4v) is 3.10. The SMILES string of the molecule is CC(C)C(NS(=O)(=O)c1c(N)cccc1F)C(N)=O. The predicted octanol–water partition coefficient (Wildman–Crippen LogP) is 0.196. The number of carbonyl (C=O) groups is 1. The van der Waals surface area contributed by atoms with Crippen LogP contribution in [0, 0.1) is 11.7 Å². The lowest BCUT2D eigenvalue weighted by molar-refractivity contribution is -0.120. The van der Waals surface area contributed by atoms with Crippen molar-refractivity contribution in [1.82, 2.24) is 4.72 Å². The molecule has 0 fully saturated rings. The quantitative estimate of drug-likeness (QED) is 0.671. The first-order chi connectivity index (χ1) is 8.66. The first-order valence-corrected chi connectivity index (χ1v) is 7.00. The van der Waals surface area contributed by atoms with Gasteiger partial charge in [0.05, 0.1) is 5.69 Å². The molecule has 1 aromatic rings. The van der Waals surface area contributed by atoms with Crippen LogP contribution in [0.5, 0.6) is 0 Å². The summed E-state index contributed by atoms with van der Waals surface area (Å²) >= 11 is 0. The van der Waals surface area contributed by atoms with Crippen molar-refractivity contribution in [2.45, 2.75) is 24.8 Å². The first-order valence-electron chi connectivity index (χ1n) is 5.52. The fourth-order valence-electron chi connectivity index (χ4n) is 1.56. The van der Waals surface area contributed by atoms with E-state index in [1.807, 2.05) is 0 Å². The van der Waals surface area contributed by atoms with Gasteiger partial charge < -0.3 is 11.5 Å². The van der Waals surface area contributed by atoms with E-state index >= 15 is 0 Å². The zero-order chi connectivity index (χ0) is 14.8. The third kappa shape index (κ3) is 3.42. The van der Waals surface area contributed by atoms with E-state index in [-0.39, 0.29) is 11.6 Å². The van der Waals surface area contributed by atoms with Crippen molar-refractivity contribution in [2.24, 2.45) is 11.7 Å². The number of sulfonamides is 1. The maximum Gasteiger partial charge on any atom is 0.246 e.